The van der Waals surface area contributed by atoms with E-state index in [-0.39, 0.29) is 12.1 Å². The van der Waals surface area contributed by atoms with Gasteiger partial charge in [-0.25, -0.2) is 4.79 Å². The normalized spacial score (nSPS) is 20.1. The fourth-order valence-electron chi connectivity index (χ4n) is 2.69. The highest BCUT2D eigenvalue weighted by Crippen LogP contribution is 2.20. The zero-order valence-corrected chi connectivity index (χ0v) is 13.3. The molecule has 5 nitrogen and oxygen atoms in total. The van der Waals surface area contributed by atoms with Crippen molar-refractivity contribution in [1.29, 1.82) is 0 Å². The number of urea groups is 1. The van der Waals surface area contributed by atoms with E-state index in [0.29, 0.717) is 5.92 Å². The molecule has 0 saturated carbocycles. The number of hydrogen-bond acceptors (Lipinski definition) is 3. The van der Waals surface area contributed by atoms with Crippen LogP contribution in [0.1, 0.15) is 18.9 Å². The average Bonchev–Trinajstić information content (AvgIpc) is 2.99. The summed E-state index contributed by atoms with van der Waals surface area (Å²) in [4.78, 5) is 14.1. The van der Waals surface area contributed by atoms with Gasteiger partial charge in [0.1, 0.15) is 0 Å². The molecular weight excluding hydrogens is 272 g/mol. The second-order valence-corrected chi connectivity index (χ2v) is 6.54. The lowest BCUT2D eigenvalue weighted by atomic mass is 10.0. The summed E-state index contributed by atoms with van der Waals surface area (Å²) < 4.78 is 1.83. The lowest BCUT2D eigenvalue weighted by molar-refractivity contribution is 0.204. The summed E-state index contributed by atoms with van der Waals surface area (Å²) in [5.41, 5.74) is 1.26. The van der Waals surface area contributed by atoms with Crippen molar-refractivity contribution in [3.63, 3.8) is 0 Å². The number of hydrogen-bond donors (Lipinski definition) is 1. The average molecular weight is 296 g/mol. The topological polar surface area (TPSA) is 50.2 Å². The molecule has 0 unspecified atom stereocenters. The Kier molecular flexibility index (Phi) is 5.34. The number of nitrogens with zero attached hydrogens (tertiary/aromatic N) is 3. The van der Waals surface area contributed by atoms with Crippen molar-refractivity contribution in [3.05, 3.63) is 18.0 Å². The first-order valence-corrected chi connectivity index (χ1v) is 8.49. The number of nitrogens with one attached hydrogen (secondary N) is 1. The summed E-state index contributed by atoms with van der Waals surface area (Å²) in [6, 6.07) is 0.315. The minimum Gasteiger partial charge on any atom is -0.335 e. The van der Waals surface area contributed by atoms with E-state index in [4.69, 9.17) is 0 Å². The maximum absolute atomic E-state index is 12.1. The van der Waals surface area contributed by atoms with Crippen LogP contribution in [0.3, 0.4) is 0 Å². The Hall–Kier alpha value is -1.17. The number of aromatic nitrogens is 2. The third-order valence-electron chi connectivity index (χ3n) is 3.64. The molecule has 0 aromatic carbocycles. The number of carbonyl (C=O) groups is 1. The monoisotopic (exact) mass is 296 g/mol. The first-order valence-electron chi connectivity index (χ1n) is 7.10. The number of carbonyl (C=O) groups excluding carboxylic acids is 1. The summed E-state index contributed by atoms with van der Waals surface area (Å²) in [6.07, 6.45) is 8.13. The second-order valence-electron chi connectivity index (χ2n) is 5.63. The van der Waals surface area contributed by atoms with Crippen LogP contribution in [0.2, 0.25) is 0 Å². The molecule has 2 heterocycles. The Morgan fingerprint density at radius 1 is 1.65 bits per heavy atom. The number of rotatable bonds is 5. The van der Waals surface area contributed by atoms with Crippen molar-refractivity contribution in [1.82, 2.24) is 20.0 Å². The van der Waals surface area contributed by atoms with Gasteiger partial charge in [-0.1, -0.05) is 0 Å². The van der Waals surface area contributed by atoms with Crippen molar-refractivity contribution in [2.75, 3.05) is 25.1 Å². The molecule has 1 aromatic heterocycles. The molecule has 1 aromatic rings. The van der Waals surface area contributed by atoms with Crippen molar-refractivity contribution in [2.24, 2.45) is 13.0 Å². The van der Waals surface area contributed by atoms with Crippen molar-refractivity contribution in [3.8, 4) is 0 Å². The standard InChI is InChI=1S/C14H24N4OS/c1-11(10-20-3)16-14(19)18-5-4-12(9-18)6-13-7-15-17(2)8-13/h7-8,11-12H,4-6,9-10H2,1-3H3,(H,16,19)/t11-,12-/m0/s1. The third-order valence-corrected chi connectivity index (χ3v) is 4.48. The Bertz CT molecular complexity index is 448. The molecule has 1 fully saturated rings. The van der Waals surface area contributed by atoms with E-state index < -0.39 is 0 Å². The fraction of sp³-hybridized carbons (Fsp3) is 0.714. The first-order chi connectivity index (χ1) is 9.58. The molecule has 1 aliphatic rings. The van der Waals surface area contributed by atoms with Gasteiger partial charge in [-0.3, -0.25) is 4.68 Å². The third kappa shape index (κ3) is 4.16. The fourth-order valence-corrected chi connectivity index (χ4v) is 3.27. The van der Waals surface area contributed by atoms with Crippen LogP contribution in [0, 0.1) is 5.92 Å². The van der Waals surface area contributed by atoms with Gasteiger partial charge in [0.15, 0.2) is 0 Å². The van der Waals surface area contributed by atoms with E-state index in [1.807, 2.05) is 22.8 Å². The van der Waals surface area contributed by atoms with Crippen LogP contribution in [0.5, 0.6) is 0 Å². The summed E-state index contributed by atoms with van der Waals surface area (Å²) in [5.74, 6) is 1.51. The molecule has 20 heavy (non-hydrogen) atoms. The maximum atomic E-state index is 12.1. The Morgan fingerprint density at radius 2 is 2.45 bits per heavy atom. The van der Waals surface area contributed by atoms with Crippen LogP contribution in [0.4, 0.5) is 4.79 Å². The lowest BCUT2D eigenvalue weighted by Gasteiger charge is -2.20. The van der Waals surface area contributed by atoms with Crippen LogP contribution in [0.25, 0.3) is 0 Å². The van der Waals surface area contributed by atoms with Gasteiger partial charge in [-0.15, -0.1) is 0 Å². The Balaban J connectivity index is 1.78. The van der Waals surface area contributed by atoms with Gasteiger partial charge in [-0.05, 0) is 37.5 Å². The van der Waals surface area contributed by atoms with Gasteiger partial charge in [0.25, 0.3) is 0 Å². The first kappa shape index (κ1) is 15.2. The molecule has 2 atom stereocenters. The van der Waals surface area contributed by atoms with Crippen LogP contribution in [-0.2, 0) is 13.5 Å². The van der Waals surface area contributed by atoms with E-state index in [9.17, 15) is 4.79 Å². The summed E-state index contributed by atoms with van der Waals surface area (Å²) in [6.45, 7) is 3.77. The van der Waals surface area contributed by atoms with E-state index in [1.165, 1.54) is 5.56 Å². The zero-order chi connectivity index (χ0) is 14.5. The smallest absolute Gasteiger partial charge is 0.317 e. The van der Waals surface area contributed by atoms with E-state index >= 15 is 0 Å². The highest BCUT2D eigenvalue weighted by molar-refractivity contribution is 7.98. The number of amides is 2. The van der Waals surface area contributed by atoms with E-state index in [2.05, 4.69) is 29.8 Å². The van der Waals surface area contributed by atoms with Gasteiger partial charge in [0.05, 0.1) is 6.20 Å². The SMILES string of the molecule is CSC[C@H](C)NC(=O)N1CC[C@@H](Cc2cnn(C)c2)C1. The van der Waals surface area contributed by atoms with Gasteiger partial charge in [0, 0.05) is 38.1 Å². The minimum absolute atomic E-state index is 0.0836. The van der Waals surface area contributed by atoms with E-state index in [0.717, 1.165) is 31.7 Å². The molecule has 2 rings (SSSR count). The predicted octanol–water partition coefficient (Wildman–Crippen LogP) is 1.75. The summed E-state index contributed by atoms with van der Waals surface area (Å²) in [7, 11) is 1.94. The lowest BCUT2D eigenvalue weighted by Crippen LogP contribution is -2.43. The highest BCUT2D eigenvalue weighted by atomic mass is 32.2. The van der Waals surface area contributed by atoms with Gasteiger partial charge < -0.3 is 10.2 Å². The molecular formula is C14H24N4OS. The molecule has 1 N–H and O–H groups in total. The summed E-state index contributed by atoms with van der Waals surface area (Å²) >= 11 is 1.76. The van der Waals surface area contributed by atoms with Crippen molar-refractivity contribution in [2.45, 2.75) is 25.8 Å². The number of thioether (sulfide) groups is 1. The van der Waals surface area contributed by atoms with Gasteiger partial charge in [-0.2, -0.15) is 16.9 Å². The highest BCUT2D eigenvalue weighted by Gasteiger charge is 2.27. The largest absolute Gasteiger partial charge is 0.335 e. The van der Waals surface area contributed by atoms with Crippen LogP contribution in [-0.4, -0.2) is 51.9 Å². The van der Waals surface area contributed by atoms with Crippen LogP contribution >= 0.6 is 11.8 Å². The van der Waals surface area contributed by atoms with Crippen molar-refractivity contribution >= 4 is 17.8 Å². The zero-order valence-electron chi connectivity index (χ0n) is 12.5. The molecule has 0 aliphatic carbocycles. The Labute approximate surface area is 125 Å². The molecule has 0 bridgehead atoms. The Morgan fingerprint density at radius 3 is 3.10 bits per heavy atom. The molecule has 0 radical (unpaired) electrons. The van der Waals surface area contributed by atoms with Crippen LogP contribution < -0.4 is 5.32 Å². The molecule has 0 spiro atoms. The van der Waals surface area contributed by atoms with Gasteiger partial charge in [0.2, 0.25) is 0 Å². The van der Waals surface area contributed by atoms with Gasteiger partial charge >= 0.3 is 6.03 Å². The number of likely N-dealkylation sites (tertiary alicyclic amines) is 1. The van der Waals surface area contributed by atoms with Crippen molar-refractivity contribution < 1.29 is 4.79 Å². The predicted molar refractivity (Wildman–Crippen MR) is 83.0 cm³/mol. The molecule has 1 saturated heterocycles. The molecule has 1 aliphatic heterocycles. The van der Waals surface area contributed by atoms with E-state index in [1.54, 1.807) is 11.8 Å². The maximum Gasteiger partial charge on any atom is 0.317 e. The quantitative estimate of drug-likeness (QED) is 0.900. The number of aryl methyl sites for hydroxylation is 1. The molecule has 112 valence electrons. The minimum atomic E-state index is 0.0836. The molecule has 2 amide bonds. The second kappa shape index (κ2) is 7.02. The molecule has 6 heteroatoms. The summed E-state index contributed by atoms with van der Waals surface area (Å²) in [5, 5.41) is 7.26. The van der Waals surface area contributed by atoms with Crippen LogP contribution in [0.15, 0.2) is 12.4 Å².